The van der Waals surface area contributed by atoms with Crippen LogP contribution >= 0.6 is 0 Å². The van der Waals surface area contributed by atoms with Crippen molar-refractivity contribution in [3.05, 3.63) is 44.0 Å². The Kier molecular flexibility index (Phi) is 4.44. The van der Waals surface area contributed by atoms with E-state index in [2.05, 4.69) is 0 Å². The molecule has 0 bridgehead atoms. The van der Waals surface area contributed by atoms with E-state index >= 15 is 0 Å². The molecular weight excluding hydrogens is 296 g/mol. The maximum absolute atomic E-state index is 12.0. The molecule has 0 spiro atoms. The monoisotopic (exact) mass is 308 g/mol. The normalized spacial score (nSPS) is 17.8. The first kappa shape index (κ1) is 15.5. The van der Waals surface area contributed by atoms with Gasteiger partial charge >= 0.3 is 5.97 Å². The SMILES string of the molecule is O=C(O[C@@H]1CCCCC1=O)c1cc([N+](=O)[O-])cc([N+](=O)[O-])c1. The Morgan fingerprint density at radius 2 is 1.68 bits per heavy atom. The van der Waals surface area contributed by atoms with Crippen LogP contribution in [0.4, 0.5) is 11.4 Å². The maximum Gasteiger partial charge on any atom is 0.339 e. The van der Waals surface area contributed by atoms with Crippen molar-refractivity contribution in [3.8, 4) is 0 Å². The van der Waals surface area contributed by atoms with Gasteiger partial charge in [-0.1, -0.05) is 0 Å². The molecule has 0 unspecified atom stereocenters. The molecule has 0 aliphatic heterocycles. The second-order valence-electron chi connectivity index (χ2n) is 4.86. The van der Waals surface area contributed by atoms with Gasteiger partial charge in [-0.15, -0.1) is 0 Å². The molecule has 9 heteroatoms. The molecule has 0 saturated heterocycles. The van der Waals surface area contributed by atoms with Crippen molar-refractivity contribution in [2.24, 2.45) is 0 Å². The minimum Gasteiger partial charge on any atom is -0.451 e. The van der Waals surface area contributed by atoms with Crippen molar-refractivity contribution in [3.63, 3.8) is 0 Å². The highest BCUT2D eigenvalue weighted by Gasteiger charge is 2.28. The summed E-state index contributed by atoms with van der Waals surface area (Å²) in [5.41, 5.74) is -1.49. The van der Waals surface area contributed by atoms with E-state index in [1.165, 1.54) is 0 Å². The van der Waals surface area contributed by atoms with Crippen LogP contribution in [0.2, 0.25) is 0 Å². The minimum atomic E-state index is -0.980. The van der Waals surface area contributed by atoms with Crippen molar-refractivity contribution >= 4 is 23.1 Å². The fraction of sp³-hybridized carbons (Fsp3) is 0.385. The van der Waals surface area contributed by atoms with Crippen LogP contribution in [0.1, 0.15) is 36.0 Å². The summed E-state index contributed by atoms with van der Waals surface area (Å²) in [6.45, 7) is 0. The highest BCUT2D eigenvalue weighted by Crippen LogP contribution is 2.25. The molecule has 1 aliphatic carbocycles. The Morgan fingerprint density at radius 1 is 1.09 bits per heavy atom. The number of hydrogen-bond acceptors (Lipinski definition) is 7. The minimum absolute atomic E-state index is 0.209. The number of benzene rings is 1. The Labute approximate surface area is 124 Å². The number of nitro benzene ring substituents is 2. The lowest BCUT2D eigenvalue weighted by atomic mass is 9.96. The largest absolute Gasteiger partial charge is 0.451 e. The van der Waals surface area contributed by atoms with Gasteiger partial charge in [0, 0.05) is 18.6 Å². The van der Waals surface area contributed by atoms with Crippen molar-refractivity contribution in [1.82, 2.24) is 0 Å². The molecule has 1 aliphatic rings. The average Bonchev–Trinajstić information content (AvgIpc) is 2.49. The van der Waals surface area contributed by atoms with Crippen molar-refractivity contribution in [1.29, 1.82) is 0 Å². The molecule has 2 rings (SSSR count). The van der Waals surface area contributed by atoms with Crippen LogP contribution in [0, 0.1) is 20.2 Å². The Hall–Kier alpha value is -2.84. The van der Waals surface area contributed by atoms with Crippen LogP contribution in [-0.4, -0.2) is 27.7 Å². The molecule has 1 saturated carbocycles. The van der Waals surface area contributed by atoms with Gasteiger partial charge in [-0.3, -0.25) is 25.0 Å². The third kappa shape index (κ3) is 3.43. The number of carbonyl (C=O) groups excluding carboxylic acids is 2. The van der Waals surface area contributed by atoms with E-state index in [1.54, 1.807) is 0 Å². The quantitative estimate of drug-likeness (QED) is 0.473. The van der Waals surface area contributed by atoms with Gasteiger partial charge in [-0.2, -0.15) is 0 Å². The number of carbonyl (C=O) groups is 2. The van der Waals surface area contributed by atoms with Gasteiger partial charge in [-0.25, -0.2) is 4.79 Å². The summed E-state index contributed by atoms with van der Waals surface area (Å²) in [6, 6.07) is 2.54. The number of hydrogen-bond donors (Lipinski definition) is 0. The molecule has 1 fully saturated rings. The summed E-state index contributed by atoms with van der Waals surface area (Å²) in [6.07, 6.45) is 1.28. The summed E-state index contributed by atoms with van der Waals surface area (Å²) in [5.74, 6) is -1.19. The van der Waals surface area contributed by atoms with Gasteiger partial charge in [0.2, 0.25) is 0 Å². The topological polar surface area (TPSA) is 130 Å². The van der Waals surface area contributed by atoms with E-state index in [0.29, 0.717) is 12.8 Å². The standard InChI is InChI=1S/C13H12N2O7/c16-11-3-1-2-4-12(11)22-13(17)8-5-9(14(18)19)7-10(6-8)15(20)21/h5-7,12H,1-4H2/t12-/m1/s1. The lowest BCUT2D eigenvalue weighted by molar-refractivity contribution is -0.394. The molecule has 0 radical (unpaired) electrons. The van der Waals surface area contributed by atoms with Crippen LogP contribution in [0.25, 0.3) is 0 Å². The highest BCUT2D eigenvalue weighted by atomic mass is 16.6. The van der Waals surface area contributed by atoms with Crippen LogP contribution in [0.3, 0.4) is 0 Å². The smallest absolute Gasteiger partial charge is 0.339 e. The second-order valence-corrected chi connectivity index (χ2v) is 4.86. The van der Waals surface area contributed by atoms with E-state index in [4.69, 9.17) is 4.74 Å². The van der Waals surface area contributed by atoms with Gasteiger partial charge in [0.15, 0.2) is 11.9 Å². The number of rotatable bonds is 4. The summed E-state index contributed by atoms with van der Waals surface area (Å²) in [5, 5.41) is 21.5. The molecule has 1 atom stereocenters. The molecule has 22 heavy (non-hydrogen) atoms. The van der Waals surface area contributed by atoms with Gasteiger partial charge < -0.3 is 4.74 Å². The van der Waals surface area contributed by atoms with E-state index in [0.717, 1.165) is 31.0 Å². The van der Waals surface area contributed by atoms with Crippen molar-refractivity contribution < 1.29 is 24.2 Å². The summed E-state index contributed by atoms with van der Waals surface area (Å²) < 4.78 is 5.03. The number of Topliss-reactive ketones (excluding diaryl/α,β-unsaturated/α-hetero) is 1. The molecule has 1 aromatic rings. The van der Waals surface area contributed by atoms with Gasteiger partial charge in [-0.05, 0) is 19.3 Å². The number of non-ortho nitro benzene ring substituents is 2. The van der Waals surface area contributed by atoms with Crippen LogP contribution in [0.5, 0.6) is 0 Å². The van der Waals surface area contributed by atoms with E-state index < -0.39 is 33.3 Å². The zero-order valence-corrected chi connectivity index (χ0v) is 11.4. The first-order chi connectivity index (χ1) is 10.4. The van der Waals surface area contributed by atoms with Crippen LogP contribution in [-0.2, 0) is 9.53 Å². The molecule has 0 aromatic heterocycles. The lowest BCUT2D eigenvalue weighted by Gasteiger charge is -2.20. The van der Waals surface area contributed by atoms with Gasteiger partial charge in [0.05, 0.1) is 21.5 Å². The first-order valence-electron chi connectivity index (χ1n) is 6.56. The Balaban J connectivity index is 2.26. The van der Waals surface area contributed by atoms with E-state index in [9.17, 15) is 29.8 Å². The number of esters is 1. The predicted octanol–water partition coefficient (Wildman–Crippen LogP) is 2.17. The van der Waals surface area contributed by atoms with Crippen LogP contribution in [0.15, 0.2) is 18.2 Å². The van der Waals surface area contributed by atoms with E-state index in [1.807, 2.05) is 0 Å². The number of ketones is 1. The predicted molar refractivity (Wildman–Crippen MR) is 72.4 cm³/mol. The maximum atomic E-state index is 12.0. The first-order valence-corrected chi connectivity index (χ1v) is 6.56. The molecule has 1 aromatic carbocycles. The fourth-order valence-electron chi connectivity index (χ4n) is 2.20. The van der Waals surface area contributed by atoms with Crippen molar-refractivity contribution in [2.75, 3.05) is 0 Å². The van der Waals surface area contributed by atoms with Crippen molar-refractivity contribution in [2.45, 2.75) is 31.8 Å². The number of ether oxygens (including phenoxy) is 1. The van der Waals surface area contributed by atoms with E-state index in [-0.39, 0.29) is 11.3 Å². The molecule has 9 nitrogen and oxygen atoms in total. The molecule has 0 amide bonds. The fourth-order valence-corrected chi connectivity index (χ4v) is 2.20. The Morgan fingerprint density at radius 3 is 2.18 bits per heavy atom. The summed E-state index contributed by atoms with van der Waals surface area (Å²) in [7, 11) is 0. The zero-order chi connectivity index (χ0) is 16.3. The highest BCUT2D eigenvalue weighted by molar-refractivity contribution is 5.94. The third-order valence-corrected chi connectivity index (χ3v) is 3.31. The molecular formula is C13H12N2O7. The second kappa shape index (κ2) is 6.29. The molecule has 116 valence electrons. The number of nitrogens with zero attached hydrogens (tertiary/aromatic N) is 2. The van der Waals surface area contributed by atoms with Crippen LogP contribution < -0.4 is 0 Å². The lowest BCUT2D eigenvalue weighted by Crippen LogP contribution is -2.30. The molecule has 0 heterocycles. The zero-order valence-electron chi connectivity index (χ0n) is 11.4. The number of nitro groups is 2. The summed E-state index contributed by atoms with van der Waals surface area (Å²) >= 11 is 0. The average molecular weight is 308 g/mol. The Bertz CT molecular complexity index is 624. The van der Waals surface area contributed by atoms with Gasteiger partial charge in [0.25, 0.3) is 11.4 Å². The third-order valence-electron chi connectivity index (χ3n) is 3.31. The van der Waals surface area contributed by atoms with Gasteiger partial charge in [0.1, 0.15) is 0 Å². The summed E-state index contributed by atoms with van der Waals surface area (Å²) in [4.78, 5) is 43.5. The molecule has 0 N–H and O–H groups in total.